The van der Waals surface area contributed by atoms with Gasteiger partial charge in [-0.05, 0) is 11.6 Å². The van der Waals surface area contributed by atoms with Crippen molar-refractivity contribution in [3.05, 3.63) is 58.5 Å². The van der Waals surface area contributed by atoms with Crippen LogP contribution in [0.1, 0.15) is 10.4 Å². The third-order valence-corrected chi connectivity index (χ3v) is 3.53. The van der Waals surface area contributed by atoms with Gasteiger partial charge in [0.1, 0.15) is 0 Å². The lowest BCUT2D eigenvalue weighted by atomic mass is 10.1. The molecule has 2 heterocycles. The van der Waals surface area contributed by atoms with Gasteiger partial charge in [0, 0.05) is 24.8 Å². The second-order valence-corrected chi connectivity index (χ2v) is 4.90. The standard InChI is InChI=1S/C16H16N2O3/c19-15-14(12-4-2-1-3-5-12)10-13(11-17-15)16(20)18-6-8-21-9-7-18/h1-5,10-11H,6-9H2,(H,17,19). The van der Waals surface area contributed by atoms with Crippen LogP contribution in [0.2, 0.25) is 0 Å². The molecule has 5 nitrogen and oxygen atoms in total. The molecule has 1 aromatic carbocycles. The number of aromatic nitrogens is 1. The van der Waals surface area contributed by atoms with Crippen molar-refractivity contribution < 1.29 is 9.53 Å². The van der Waals surface area contributed by atoms with Crippen LogP contribution in [0, 0.1) is 0 Å². The molecule has 0 saturated carbocycles. The molecule has 1 aliphatic rings. The fraction of sp³-hybridized carbons (Fsp3) is 0.250. The van der Waals surface area contributed by atoms with Crippen molar-refractivity contribution in [2.45, 2.75) is 0 Å². The molecule has 1 N–H and O–H groups in total. The van der Waals surface area contributed by atoms with Crippen LogP contribution in [-0.4, -0.2) is 42.1 Å². The summed E-state index contributed by atoms with van der Waals surface area (Å²) in [5, 5.41) is 0. The fourth-order valence-electron chi connectivity index (χ4n) is 2.39. The summed E-state index contributed by atoms with van der Waals surface area (Å²) >= 11 is 0. The molecule has 1 saturated heterocycles. The molecule has 1 aromatic heterocycles. The van der Waals surface area contributed by atoms with Gasteiger partial charge in [0.05, 0.1) is 18.8 Å². The van der Waals surface area contributed by atoms with Crippen LogP contribution in [-0.2, 0) is 4.74 Å². The number of hydrogen-bond acceptors (Lipinski definition) is 3. The number of pyridine rings is 1. The maximum absolute atomic E-state index is 12.4. The summed E-state index contributed by atoms with van der Waals surface area (Å²) in [4.78, 5) is 28.8. The van der Waals surface area contributed by atoms with E-state index in [4.69, 9.17) is 4.74 Å². The van der Waals surface area contributed by atoms with Crippen molar-refractivity contribution in [3.63, 3.8) is 0 Å². The average Bonchev–Trinajstić information content (AvgIpc) is 2.56. The second kappa shape index (κ2) is 5.93. The smallest absolute Gasteiger partial charge is 0.255 e. The molecule has 1 amide bonds. The summed E-state index contributed by atoms with van der Waals surface area (Å²) in [5.41, 5.74) is 1.61. The van der Waals surface area contributed by atoms with Crippen molar-refractivity contribution in [2.24, 2.45) is 0 Å². The van der Waals surface area contributed by atoms with Gasteiger partial charge in [0.25, 0.3) is 11.5 Å². The van der Waals surface area contributed by atoms with Crippen molar-refractivity contribution in [1.82, 2.24) is 9.88 Å². The molecule has 21 heavy (non-hydrogen) atoms. The first-order valence-corrected chi connectivity index (χ1v) is 6.91. The van der Waals surface area contributed by atoms with Crippen molar-refractivity contribution in [2.75, 3.05) is 26.3 Å². The van der Waals surface area contributed by atoms with Crippen molar-refractivity contribution in [1.29, 1.82) is 0 Å². The Hall–Kier alpha value is -2.40. The summed E-state index contributed by atoms with van der Waals surface area (Å²) in [6, 6.07) is 11.0. The number of rotatable bonds is 2. The van der Waals surface area contributed by atoms with E-state index < -0.39 is 0 Å². The molecule has 1 aliphatic heterocycles. The van der Waals surface area contributed by atoms with Gasteiger partial charge >= 0.3 is 0 Å². The zero-order chi connectivity index (χ0) is 14.7. The fourth-order valence-corrected chi connectivity index (χ4v) is 2.39. The van der Waals surface area contributed by atoms with Crippen LogP contribution in [0.25, 0.3) is 11.1 Å². The highest BCUT2D eigenvalue weighted by atomic mass is 16.5. The molecule has 0 unspecified atom stereocenters. The van der Waals surface area contributed by atoms with Crippen molar-refractivity contribution in [3.8, 4) is 11.1 Å². The van der Waals surface area contributed by atoms with Gasteiger partial charge in [-0.2, -0.15) is 0 Å². The molecular formula is C16H16N2O3. The Morgan fingerprint density at radius 1 is 1.14 bits per heavy atom. The molecule has 108 valence electrons. The van der Waals surface area contributed by atoms with E-state index >= 15 is 0 Å². The minimum absolute atomic E-state index is 0.0771. The number of carbonyl (C=O) groups excluding carboxylic acids is 1. The zero-order valence-electron chi connectivity index (χ0n) is 11.5. The van der Waals surface area contributed by atoms with E-state index in [2.05, 4.69) is 4.98 Å². The third-order valence-electron chi connectivity index (χ3n) is 3.53. The molecule has 3 rings (SSSR count). The second-order valence-electron chi connectivity index (χ2n) is 4.90. The van der Waals surface area contributed by atoms with Crippen LogP contribution in [0.5, 0.6) is 0 Å². The van der Waals surface area contributed by atoms with E-state index in [1.165, 1.54) is 6.20 Å². The number of aromatic amines is 1. The summed E-state index contributed by atoms with van der Waals surface area (Å²) in [6.45, 7) is 2.28. The summed E-state index contributed by atoms with van der Waals surface area (Å²) in [6.07, 6.45) is 1.48. The number of carbonyl (C=O) groups is 1. The number of morpholine rings is 1. The number of ether oxygens (including phenoxy) is 1. The number of amides is 1. The molecular weight excluding hydrogens is 268 g/mol. The first-order chi connectivity index (χ1) is 10.3. The highest BCUT2D eigenvalue weighted by molar-refractivity contribution is 5.95. The Kier molecular flexibility index (Phi) is 3.83. The Balaban J connectivity index is 1.94. The lowest BCUT2D eigenvalue weighted by Gasteiger charge is -2.26. The molecule has 0 bridgehead atoms. The maximum Gasteiger partial charge on any atom is 0.255 e. The van der Waals surface area contributed by atoms with Crippen LogP contribution in [0.3, 0.4) is 0 Å². The van der Waals surface area contributed by atoms with E-state index in [0.29, 0.717) is 37.4 Å². The summed E-state index contributed by atoms with van der Waals surface area (Å²) in [7, 11) is 0. The largest absolute Gasteiger partial charge is 0.378 e. The van der Waals surface area contributed by atoms with Crippen molar-refractivity contribution >= 4 is 5.91 Å². The van der Waals surface area contributed by atoms with E-state index in [9.17, 15) is 9.59 Å². The van der Waals surface area contributed by atoms with Gasteiger partial charge in [-0.1, -0.05) is 30.3 Å². The lowest BCUT2D eigenvalue weighted by Crippen LogP contribution is -2.40. The SMILES string of the molecule is O=C(c1c[nH]c(=O)c(-c2ccccc2)c1)N1CCOCC1. The predicted octanol–water partition coefficient (Wildman–Crippen LogP) is 1.51. The first kappa shape index (κ1) is 13.6. The maximum atomic E-state index is 12.4. The van der Waals surface area contributed by atoms with E-state index in [-0.39, 0.29) is 11.5 Å². The normalized spacial score (nSPS) is 15.0. The van der Waals surface area contributed by atoms with Crippen LogP contribution in [0.15, 0.2) is 47.4 Å². The van der Waals surface area contributed by atoms with Gasteiger partial charge in [-0.3, -0.25) is 9.59 Å². The molecule has 0 spiro atoms. The Morgan fingerprint density at radius 2 is 1.86 bits per heavy atom. The van der Waals surface area contributed by atoms with Crippen LogP contribution >= 0.6 is 0 Å². The van der Waals surface area contributed by atoms with Gasteiger partial charge in [0.15, 0.2) is 0 Å². The predicted molar refractivity (Wildman–Crippen MR) is 79.2 cm³/mol. The molecule has 0 aliphatic carbocycles. The van der Waals surface area contributed by atoms with E-state index in [1.807, 2.05) is 30.3 Å². The molecule has 1 fully saturated rings. The molecule has 2 aromatic rings. The Morgan fingerprint density at radius 3 is 2.57 bits per heavy atom. The van der Waals surface area contributed by atoms with Gasteiger partial charge in [0.2, 0.25) is 0 Å². The van der Waals surface area contributed by atoms with Gasteiger partial charge in [-0.15, -0.1) is 0 Å². The lowest BCUT2D eigenvalue weighted by molar-refractivity contribution is 0.0302. The van der Waals surface area contributed by atoms with Crippen LogP contribution in [0.4, 0.5) is 0 Å². The number of benzene rings is 1. The highest BCUT2D eigenvalue weighted by Gasteiger charge is 2.19. The van der Waals surface area contributed by atoms with Gasteiger partial charge < -0.3 is 14.6 Å². The molecule has 5 heteroatoms. The quantitative estimate of drug-likeness (QED) is 0.909. The minimum atomic E-state index is -0.195. The Bertz CT molecular complexity index is 688. The Labute approximate surface area is 122 Å². The summed E-state index contributed by atoms with van der Waals surface area (Å²) in [5.74, 6) is -0.0771. The number of H-pyrrole nitrogens is 1. The first-order valence-electron chi connectivity index (χ1n) is 6.91. The van der Waals surface area contributed by atoms with E-state index in [1.54, 1.807) is 11.0 Å². The monoisotopic (exact) mass is 284 g/mol. The molecule has 0 radical (unpaired) electrons. The topological polar surface area (TPSA) is 62.4 Å². The number of nitrogens with zero attached hydrogens (tertiary/aromatic N) is 1. The highest BCUT2D eigenvalue weighted by Crippen LogP contribution is 2.16. The van der Waals surface area contributed by atoms with E-state index in [0.717, 1.165) is 5.56 Å². The zero-order valence-corrected chi connectivity index (χ0v) is 11.5. The van der Waals surface area contributed by atoms with Crippen LogP contribution < -0.4 is 5.56 Å². The molecule has 0 atom stereocenters. The number of nitrogens with one attached hydrogen (secondary N) is 1. The van der Waals surface area contributed by atoms with Gasteiger partial charge in [-0.25, -0.2) is 0 Å². The summed E-state index contributed by atoms with van der Waals surface area (Å²) < 4.78 is 5.25. The average molecular weight is 284 g/mol. The third kappa shape index (κ3) is 2.87. The minimum Gasteiger partial charge on any atom is -0.378 e. The number of hydrogen-bond donors (Lipinski definition) is 1.